The zero-order valence-electron chi connectivity index (χ0n) is 15.6. The van der Waals surface area contributed by atoms with Crippen LogP contribution in [0.1, 0.15) is 23.0 Å². The lowest BCUT2D eigenvalue weighted by molar-refractivity contribution is -0.114. The number of hydrogen-bond donors (Lipinski definition) is 3. The molecule has 2 aromatic carbocycles. The number of benzene rings is 2. The van der Waals surface area contributed by atoms with Crippen LogP contribution >= 0.6 is 0 Å². The van der Waals surface area contributed by atoms with Gasteiger partial charge in [-0.15, -0.1) is 0 Å². The van der Waals surface area contributed by atoms with E-state index in [1.54, 1.807) is 66.7 Å². The third-order valence-corrected chi connectivity index (χ3v) is 3.82. The van der Waals surface area contributed by atoms with E-state index in [9.17, 15) is 14.4 Å². The van der Waals surface area contributed by atoms with E-state index >= 15 is 0 Å². The molecule has 0 atom stereocenters. The summed E-state index contributed by atoms with van der Waals surface area (Å²) in [5, 5.41) is 7.99. The fourth-order valence-electron chi connectivity index (χ4n) is 2.50. The Morgan fingerprint density at radius 2 is 1.48 bits per heavy atom. The molecule has 0 spiro atoms. The first-order chi connectivity index (χ1) is 14.0. The van der Waals surface area contributed by atoms with E-state index in [0.29, 0.717) is 22.7 Å². The van der Waals surface area contributed by atoms with Gasteiger partial charge in [0.1, 0.15) is 11.5 Å². The molecule has 29 heavy (non-hydrogen) atoms. The Kier molecular flexibility index (Phi) is 6.22. The van der Waals surface area contributed by atoms with Crippen LogP contribution in [-0.4, -0.2) is 17.7 Å². The Labute approximate surface area is 167 Å². The molecule has 0 radical (unpaired) electrons. The molecule has 0 fully saturated rings. The maximum Gasteiger partial charge on any atom is 0.272 e. The number of carbonyl (C=O) groups excluding carboxylic acids is 3. The van der Waals surface area contributed by atoms with Gasteiger partial charge in [-0.25, -0.2) is 0 Å². The number of anilines is 2. The van der Waals surface area contributed by atoms with E-state index in [1.165, 1.54) is 19.3 Å². The summed E-state index contributed by atoms with van der Waals surface area (Å²) in [7, 11) is 0. The van der Waals surface area contributed by atoms with Crippen LogP contribution in [0.5, 0.6) is 0 Å². The summed E-state index contributed by atoms with van der Waals surface area (Å²) in [4.78, 5) is 36.3. The summed E-state index contributed by atoms with van der Waals surface area (Å²) in [6.07, 6.45) is 2.92. The monoisotopic (exact) mass is 389 g/mol. The van der Waals surface area contributed by atoms with E-state index < -0.39 is 11.8 Å². The fraction of sp³-hybridized carbons (Fsp3) is 0.0455. The van der Waals surface area contributed by atoms with Gasteiger partial charge in [-0.05, 0) is 48.5 Å². The van der Waals surface area contributed by atoms with Crippen molar-refractivity contribution in [1.29, 1.82) is 0 Å². The molecule has 0 unspecified atom stereocenters. The van der Waals surface area contributed by atoms with Crippen molar-refractivity contribution < 1.29 is 18.8 Å². The summed E-state index contributed by atoms with van der Waals surface area (Å²) < 4.78 is 5.26. The molecule has 3 amide bonds. The predicted molar refractivity (Wildman–Crippen MR) is 110 cm³/mol. The van der Waals surface area contributed by atoms with E-state index in [1.807, 2.05) is 0 Å². The highest BCUT2D eigenvalue weighted by atomic mass is 16.3. The first kappa shape index (κ1) is 19.6. The van der Waals surface area contributed by atoms with Crippen LogP contribution in [0.2, 0.25) is 0 Å². The molecule has 3 rings (SSSR count). The number of hydrogen-bond acceptors (Lipinski definition) is 4. The van der Waals surface area contributed by atoms with Crippen LogP contribution in [0.3, 0.4) is 0 Å². The Balaban J connectivity index is 1.77. The lowest BCUT2D eigenvalue weighted by Gasteiger charge is -2.11. The van der Waals surface area contributed by atoms with Gasteiger partial charge in [-0.3, -0.25) is 14.4 Å². The molecule has 0 aliphatic heterocycles. The normalized spacial score (nSPS) is 10.9. The molecule has 3 N–H and O–H groups in total. The lowest BCUT2D eigenvalue weighted by Crippen LogP contribution is -2.30. The third kappa shape index (κ3) is 5.67. The summed E-state index contributed by atoms with van der Waals surface area (Å²) in [6, 6.07) is 18.5. The molecular formula is C22H19N3O4. The molecule has 0 aliphatic rings. The van der Waals surface area contributed by atoms with Crippen LogP contribution in [0.4, 0.5) is 11.4 Å². The fourth-order valence-corrected chi connectivity index (χ4v) is 2.50. The Morgan fingerprint density at radius 3 is 2.07 bits per heavy atom. The van der Waals surface area contributed by atoms with Crippen LogP contribution in [-0.2, 0) is 9.59 Å². The Morgan fingerprint density at radius 1 is 0.828 bits per heavy atom. The van der Waals surface area contributed by atoms with Gasteiger partial charge in [0.15, 0.2) is 0 Å². The van der Waals surface area contributed by atoms with Crippen molar-refractivity contribution in [3.8, 4) is 0 Å². The largest absolute Gasteiger partial charge is 0.465 e. The van der Waals surface area contributed by atoms with Gasteiger partial charge in [-0.2, -0.15) is 0 Å². The predicted octanol–water partition coefficient (Wildman–Crippen LogP) is 3.65. The molecule has 1 heterocycles. The molecule has 0 saturated heterocycles. The molecule has 7 heteroatoms. The summed E-state index contributed by atoms with van der Waals surface area (Å²) in [5.74, 6) is -0.698. The molecule has 3 aromatic rings. The minimum absolute atomic E-state index is 0.0275. The molecule has 0 saturated carbocycles. The van der Waals surface area contributed by atoms with Crippen molar-refractivity contribution in [3.05, 3.63) is 90.0 Å². The van der Waals surface area contributed by atoms with Crippen molar-refractivity contribution in [3.63, 3.8) is 0 Å². The topological polar surface area (TPSA) is 100 Å². The maximum atomic E-state index is 12.8. The average Bonchev–Trinajstić information content (AvgIpc) is 3.22. The average molecular weight is 389 g/mol. The lowest BCUT2D eigenvalue weighted by atomic mass is 10.2. The van der Waals surface area contributed by atoms with E-state index in [2.05, 4.69) is 16.0 Å². The van der Waals surface area contributed by atoms with Crippen LogP contribution in [0.25, 0.3) is 6.08 Å². The van der Waals surface area contributed by atoms with E-state index in [0.717, 1.165) is 0 Å². The van der Waals surface area contributed by atoms with Gasteiger partial charge >= 0.3 is 0 Å². The second kappa shape index (κ2) is 9.18. The van der Waals surface area contributed by atoms with Crippen LogP contribution < -0.4 is 16.0 Å². The van der Waals surface area contributed by atoms with Crippen molar-refractivity contribution in [2.24, 2.45) is 0 Å². The zero-order valence-corrected chi connectivity index (χ0v) is 15.6. The first-order valence-corrected chi connectivity index (χ1v) is 8.82. The van der Waals surface area contributed by atoms with Crippen LogP contribution in [0, 0.1) is 0 Å². The molecule has 7 nitrogen and oxygen atoms in total. The van der Waals surface area contributed by atoms with Gasteiger partial charge in [0, 0.05) is 29.9 Å². The third-order valence-electron chi connectivity index (χ3n) is 3.82. The van der Waals surface area contributed by atoms with Crippen molar-refractivity contribution in [1.82, 2.24) is 5.32 Å². The molecule has 0 bridgehead atoms. The number of nitrogens with one attached hydrogen (secondary N) is 3. The number of amides is 3. The van der Waals surface area contributed by atoms with Gasteiger partial charge in [0.05, 0.1) is 6.26 Å². The smallest absolute Gasteiger partial charge is 0.272 e. The van der Waals surface area contributed by atoms with Gasteiger partial charge in [0.25, 0.3) is 11.8 Å². The van der Waals surface area contributed by atoms with E-state index in [-0.39, 0.29) is 11.6 Å². The Hall–Kier alpha value is -4.13. The molecule has 0 aliphatic carbocycles. The summed E-state index contributed by atoms with van der Waals surface area (Å²) in [6.45, 7) is 1.41. The Bertz CT molecular complexity index is 1020. The van der Waals surface area contributed by atoms with Crippen molar-refractivity contribution in [2.75, 3.05) is 10.6 Å². The molecular weight excluding hydrogens is 370 g/mol. The SMILES string of the molecule is CC(=O)Nc1ccc(NC(=O)C(=Cc2ccco2)NC(=O)c2ccccc2)cc1. The number of rotatable bonds is 6. The van der Waals surface area contributed by atoms with Gasteiger partial charge in [-0.1, -0.05) is 18.2 Å². The minimum atomic E-state index is -0.516. The number of carbonyl (C=O) groups is 3. The van der Waals surface area contributed by atoms with Crippen molar-refractivity contribution in [2.45, 2.75) is 6.92 Å². The highest BCUT2D eigenvalue weighted by molar-refractivity contribution is 6.10. The van der Waals surface area contributed by atoms with E-state index in [4.69, 9.17) is 4.42 Å². The summed E-state index contributed by atoms with van der Waals surface area (Å²) >= 11 is 0. The molecule has 1 aromatic heterocycles. The standard InChI is InChI=1S/C22H19N3O4/c1-15(26)23-17-9-11-18(12-10-17)24-22(28)20(14-19-8-5-13-29-19)25-21(27)16-6-3-2-4-7-16/h2-14H,1H3,(H,23,26)(H,24,28)(H,25,27). The minimum Gasteiger partial charge on any atom is -0.465 e. The van der Waals surface area contributed by atoms with Crippen molar-refractivity contribution >= 4 is 35.2 Å². The highest BCUT2D eigenvalue weighted by Gasteiger charge is 2.15. The second-order valence-electron chi connectivity index (χ2n) is 6.11. The highest BCUT2D eigenvalue weighted by Crippen LogP contribution is 2.15. The number of furan rings is 1. The van der Waals surface area contributed by atoms with Gasteiger partial charge < -0.3 is 20.4 Å². The zero-order chi connectivity index (χ0) is 20.6. The molecule has 146 valence electrons. The maximum absolute atomic E-state index is 12.8. The first-order valence-electron chi connectivity index (χ1n) is 8.82. The second-order valence-corrected chi connectivity index (χ2v) is 6.11. The quantitative estimate of drug-likeness (QED) is 0.560. The van der Waals surface area contributed by atoms with Gasteiger partial charge in [0.2, 0.25) is 5.91 Å². The van der Waals surface area contributed by atoms with Crippen LogP contribution in [0.15, 0.2) is 83.1 Å². The summed E-state index contributed by atoms with van der Waals surface area (Å²) in [5.41, 5.74) is 1.56.